The van der Waals surface area contributed by atoms with Gasteiger partial charge in [0.2, 0.25) is 15.9 Å². The Morgan fingerprint density at radius 1 is 1.28 bits per heavy atom. The van der Waals surface area contributed by atoms with Crippen LogP contribution in [-0.4, -0.2) is 46.1 Å². The van der Waals surface area contributed by atoms with Crippen molar-refractivity contribution in [3.63, 3.8) is 0 Å². The van der Waals surface area contributed by atoms with Crippen molar-refractivity contribution in [1.29, 1.82) is 0 Å². The molecule has 1 aromatic rings. The number of nitrogens with zero attached hydrogens (tertiary/aromatic N) is 2. The van der Waals surface area contributed by atoms with Gasteiger partial charge in [-0.2, -0.15) is 0 Å². The smallest absolute Gasteiger partial charge is 0.242 e. The number of rotatable bonds is 4. The first-order valence-electron chi connectivity index (χ1n) is 5.16. The number of likely N-dealkylation sites (N-methyl/N-ethyl adjacent to an activating group) is 1. The van der Waals surface area contributed by atoms with Crippen LogP contribution in [0.1, 0.15) is 0 Å². The van der Waals surface area contributed by atoms with Gasteiger partial charge in [0.15, 0.2) is 0 Å². The largest absolute Gasteiger partial charge is 0.347 e. The van der Waals surface area contributed by atoms with Crippen LogP contribution in [0.25, 0.3) is 0 Å². The highest BCUT2D eigenvalue weighted by Crippen LogP contribution is 2.21. The zero-order chi connectivity index (χ0) is 13.9. The van der Waals surface area contributed by atoms with Crippen molar-refractivity contribution in [3.8, 4) is 0 Å². The third kappa shape index (κ3) is 3.43. The van der Waals surface area contributed by atoms with E-state index < -0.39 is 28.3 Å². The fourth-order valence-electron chi connectivity index (χ4n) is 1.30. The molecule has 0 aliphatic rings. The zero-order valence-corrected chi connectivity index (χ0v) is 11.2. The monoisotopic (exact) mass is 274 g/mol. The number of amides is 1. The van der Waals surface area contributed by atoms with Gasteiger partial charge >= 0.3 is 0 Å². The Hall–Kier alpha value is -1.63. The van der Waals surface area contributed by atoms with E-state index in [9.17, 15) is 17.6 Å². The summed E-state index contributed by atoms with van der Waals surface area (Å²) >= 11 is 0. The van der Waals surface area contributed by atoms with E-state index in [-0.39, 0.29) is 5.69 Å². The fourth-order valence-corrected chi connectivity index (χ4v) is 2.15. The lowest BCUT2D eigenvalue weighted by molar-refractivity contribution is -0.127. The molecule has 0 atom stereocenters. The molecule has 1 aromatic carbocycles. The number of sulfonamides is 1. The molecule has 0 unspecified atom stereocenters. The molecule has 0 N–H and O–H groups in total. The van der Waals surface area contributed by atoms with Gasteiger partial charge in [-0.15, -0.1) is 0 Å². The van der Waals surface area contributed by atoms with Crippen LogP contribution in [0.5, 0.6) is 0 Å². The topological polar surface area (TPSA) is 57.7 Å². The van der Waals surface area contributed by atoms with Gasteiger partial charge in [0.05, 0.1) is 11.9 Å². The van der Waals surface area contributed by atoms with E-state index in [4.69, 9.17) is 0 Å². The minimum absolute atomic E-state index is 0.129. The molecule has 5 nitrogen and oxygen atoms in total. The summed E-state index contributed by atoms with van der Waals surface area (Å²) in [4.78, 5) is 12.8. The summed E-state index contributed by atoms with van der Waals surface area (Å²) in [7, 11) is -0.715. The average molecular weight is 274 g/mol. The maximum atomic E-state index is 13.6. The normalized spacial score (nSPS) is 11.1. The van der Waals surface area contributed by atoms with Crippen molar-refractivity contribution in [1.82, 2.24) is 4.90 Å². The number of carbonyl (C=O) groups is 1. The molecule has 0 bridgehead atoms. The van der Waals surface area contributed by atoms with E-state index in [1.165, 1.54) is 37.2 Å². The number of halogens is 1. The van der Waals surface area contributed by atoms with E-state index in [1.807, 2.05) is 0 Å². The molecule has 0 heterocycles. The first-order chi connectivity index (χ1) is 8.23. The highest BCUT2D eigenvalue weighted by molar-refractivity contribution is 7.92. The Kier molecular flexibility index (Phi) is 4.28. The second-order valence-electron chi connectivity index (χ2n) is 4.01. The molecular formula is C11H15FN2O3S. The van der Waals surface area contributed by atoms with Gasteiger partial charge in [0.25, 0.3) is 0 Å². The fraction of sp³-hybridized carbons (Fsp3) is 0.364. The van der Waals surface area contributed by atoms with E-state index in [2.05, 4.69) is 0 Å². The molecule has 0 radical (unpaired) electrons. The van der Waals surface area contributed by atoms with Crippen LogP contribution in [0.3, 0.4) is 0 Å². The van der Waals surface area contributed by atoms with Crippen molar-refractivity contribution >= 4 is 21.6 Å². The minimum atomic E-state index is -3.72. The molecule has 0 spiro atoms. The Bertz CT molecular complexity index is 543. The van der Waals surface area contributed by atoms with Crippen molar-refractivity contribution < 1.29 is 17.6 Å². The van der Waals surface area contributed by atoms with Crippen molar-refractivity contribution in [2.45, 2.75) is 0 Å². The summed E-state index contributed by atoms with van der Waals surface area (Å²) in [6, 6.07) is 5.43. The highest BCUT2D eigenvalue weighted by atomic mass is 32.2. The Labute approximate surface area is 106 Å². The number of carbonyl (C=O) groups excluding carboxylic acids is 1. The first kappa shape index (κ1) is 14.4. The third-order valence-electron chi connectivity index (χ3n) is 2.30. The number of hydrogen-bond acceptors (Lipinski definition) is 3. The molecule has 0 fully saturated rings. The summed E-state index contributed by atoms with van der Waals surface area (Å²) in [5, 5.41) is 0. The second kappa shape index (κ2) is 5.34. The number of para-hydroxylation sites is 1. The lowest BCUT2D eigenvalue weighted by Crippen LogP contribution is -2.40. The Morgan fingerprint density at radius 3 is 2.28 bits per heavy atom. The van der Waals surface area contributed by atoms with Crippen LogP contribution >= 0.6 is 0 Å². The van der Waals surface area contributed by atoms with E-state index in [0.717, 1.165) is 16.6 Å². The van der Waals surface area contributed by atoms with Gasteiger partial charge in [0, 0.05) is 14.1 Å². The third-order valence-corrected chi connectivity index (χ3v) is 3.43. The minimum Gasteiger partial charge on any atom is -0.347 e. The predicted octanol–water partition coefficient (Wildman–Crippen LogP) is 0.680. The average Bonchev–Trinajstić information content (AvgIpc) is 2.25. The molecule has 100 valence electrons. The molecule has 7 heteroatoms. The SMILES string of the molecule is CN(C)C(=O)CN(c1ccccc1F)S(C)(=O)=O. The van der Waals surface area contributed by atoms with Crippen molar-refractivity contribution in [2.24, 2.45) is 0 Å². The second-order valence-corrected chi connectivity index (χ2v) is 5.92. The van der Waals surface area contributed by atoms with Gasteiger partial charge in [0.1, 0.15) is 12.4 Å². The molecule has 1 rings (SSSR count). The Morgan fingerprint density at radius 2 is 1.83 bits per heavy atom. The van der Waals surface area contributed by atoms with Crippen LogP contribution < -0.4 is 4.31 Å². The molecule has 0 aliphatic carbocycles. The molecule has 0 saturated carbocycles. The molecule has 18 heavy (non-hydrogen) atoms. The molecule has 0 saturated heterocycles. The maximum Gasteiger partial charge on any atom is 0.242 e. The number of anilines is 1. The van der Waals surface area contributed by atoms with Crippen LogP contribution in [0.4, 0.5) is 10.1 Å². The quantitative estimate of drug-likeness (QED) is 0.811. The standard InChI is InChI=1S/C11H15FN2O3S/c1-13(2)11(15)8-14(18(3,16)17)10-7-5-4-6-9(10)12/h4-7H,8H2,1-3H3. The molecule has 0 aliphatic heterocycles. The van der Waals surface area contributed by atoms with Gasteiger partial charge in [-0.05, 0) is 12.1 Å². The molecule has 0 aromatic heterocycles. The summed E-state index contributed by atoms with van der Waals surface area (Å²) in [6.45, 7) is -0.424. The summed E-state index contributed by atoms with van der Waals surface area (Å²) in [5.74, 6) is -1.11. The van der Waals surface area contributed by atoms with Crippen molar-refractivity contribution in [2.75, 3.05) is 31.2 Å². The van der Waals surface area contributed by atoms with Gasteiger partial charge in [-0.3, -0.25) is 9.10 Å². The predicted molar refractivity (Wildman–Crippen MR) is 67.3 cm³/mol. The van der Waals surface area contributed by atoms with Crippen LogP contribution in [0, 0.1) is 5.82 Å². The summed E-state index contributed by atoms with van der Waals surface area (Å²) < 4.78 is 37.6. The van der Waals surface area contributed by atoms with E-state index in [1.54, 1.807) is 0 Å². The number of benzene rings is 1. The van der Waals surface area contributed by atoms with Crippen LogP contribution in [0.2, 0.25) is 0 Å². The lowest BCUT2D eigenvalue weighted by atomic mass is 10.3. The zero-order valence-electron chi connectivity index (χ0n) is 10.4. The van der Waals surface area contributed by atoms with Gasteiger partial charge in [-0.25, -0.2) is 12.8 Å². The van der Waals surface area contributed by atoms with Gasteiger partial charge < -0.3 is 4.90 Å². The van der Waals surface area contributed by atoms with Crippen molar-refractivity contribution in [3.05, 3.63) is 30.1 Å². The maximum absolute atomic E-state index is 13.6. The van der Waals surface area contributed by atoms with Crippen LogP contribution in [0.15, 0.2) is 24.3 Å². The van der Waals surface area contributed by atoms with E-state index >= 15 is 0 Å². The molecule has 1 amide bonds. The first-order valence-corrected chi connectivity index (χ1v) is 7.00. The van der Waals surface area contributed by atoms with Crippen LogP contribution in [-0.2, 0) is 14.8 Å². The molecular weight excluding hydrogens is 259 g/mol. The highest BCUT2D eigenvalue weighted by Gasteiger charge is 2.23. The number of hydrogen-bond donors (Lipinski definition) is 0. The van der Waals surface area contributed by atoms with Gasteiger partial charge in [-0.1, -0.05) is 12.1 Å². The summed E-state index contributed by atoms with van der Waals surface area (Å²) in [5.41, 5.74) is -0.129. The van der Waals surface area contributed by atoms with E-state index in [0.29, 0.717) is 0 Å². The Balaban J connectivity index is 3.16. The summed E-state index contributed by atoms with van der Waals surface area (Å²) in [6.07, 6.45) is 0.933. The lowest BCUT2D eigenvalue weighted by Gasteiger charge is -2.23.